The number of para-hydroxylation sites is 1. The lowest BCUT2D eigenvalue weighted by Crippen LogP contribution is -2.27. The molecule has 0 radical (unpaired) electrons. The lowest BCUT2D eigenvalue weighted by atomic mass is 10.2. The van der Waals surface area contributed by atoms with E-state index in [9.17, 15) is 17.2 Å². The van der Waals surface area contributed by atoms with Crippen LogP contribution in [0.15, 0.2) is 53.4 Å². The third kappa shape index (κ3) is 3.57. The second kappa shape index (κ2) is 6.62. The molecule has 0 bridgehead atoms. The Balaban J connectivity index is 2.48. The maximum Gasteiger partial charge on any atom is 0.387 e. The number of sulfonamides is 1. The van der Waals surface area contributed by atoms with Gasteiger partial charge in [0.2, 0.25) is 0 Å². The van der Waals surface area contributed by atoms with Crippen molar-refractivity contribution in [1.82, 2.24) is 0 Å². The van der Waals surface area contributed by atoms with Crippen molar-refractivity contribution in [2.45, 2.75) is 11.5 Å². The largest absolute Gasteiger partial charge is 0.433 e. The van der Waals surface area contributed by atoms with Gasteiger partial charge in [-0.25, -0.2) is 8.42 Å². The van der Waals surface area contributed by atoms with Crippen molar-refractivity contribution in [2.24, 2.45) is 0 Å². The fourth-order valence-electron chi connectivity index (χ4n) is 1.91. The Morgan fingerprint density at radius 2 is 1.87 bits per heavy atom. The van der Waals surface area contributed by atoms with Crippen molar-refractivity contribution in [3.63, 3.8) is 0 Å². The predicted octanol–water partition coefficient (Wildman–Crippen LogP) is 2.98. The van der Waals surface area contributed by atoms with E-state index in [1.54, 1.807) is 0 Å². The molecule has 120 valence electrons. The van der Waals surface area contributed by atoms with Crippen LogP contribution in [0, 0.1) is 11.3 Å². The molecule has 0 unspecified atom stereocenters. The standard InChI is InChI=1S/C15H12F2N2O3S/c1-19(12-6-4-5-11(9-12)10-18)23(20,21)14-8-3-2-7-13(14)22-15(16)17/h2-9,15H,1H3. The van der Waals surface area contributed by atoms with E-state index in [1.165, 1.54) is 49.5 Å². The number of rotatable bonds is 5. The van der Waals surface area contributed by atoms with Crippen molar-refractivity contribution < 1.29 is 21.9 Å². The molecule has 23 heavy (non-hydrogen) atoms. The van der Waals surface area contributed by atoms with E-state index in [2.05, 4.69) is 4.74 Å². The molecule has 2 rings (SSSR count). The summed E-state index contributed by atoms with van der Waals surface area (Å²) in [6.45, 7) is -3.14. The minimum atomic E-state index is -4.13. The Labute approximate surface area is 132 Å². The molecule has 0 aliphatic heterocycles. The van der Waals surface area contributed by atoms with Gasteiger partial charge in [0.1, 0.15) is 10.6 Å². The summed E-state index contributed by atoms with van der Waals surface area (Å²) in [4.78, 5) is -0.384. The number of ether oxygens (including phenoxy) is 1. The summed E-state index contributed by atoms with van der Waals surface area (Å²) in [5.41, 5.74) is 0.512. The fraction of sp³-hybridized carbons (Fsp3) is 0.133. The first-order valence-corrected chi connectivity index (χ1v) is 7.83. The van der Waals surface area contributed by atoms with E-state index in [1.807, 2.05) is 6.07 Å². The van der Waals surface area contributed by atoms with Crippen LogP contribution in [-0.2, 0) is 10.0 Å². The van der Waals surface area contributed by atoms with Crippen LogP contribution in [0.4, 0.5) is 14.5 Å². The molecular weight excluding hydrogens is 326 g/mol. The molecule has 5 nitrogen and oxygen atoms in total. The molecule has 0 atom stereocenters. The Hall–Kier alpha value is -2.66. The highest BCUT2D eigenvalue weighted by molar-refractivity contribution is 7.92. The van der Waals surface area contributed by atoms with Crippen LogP contribution in [0.1, 0.15) is 5.56 Å². The summed E-state index contributed by atoms with van der Waals surface area (Å²) < 4.78 is 55.4. The average Bonchev–Trinajstić information content (AvgIpc) is 2.54. The topological polar surface area (TPSA) is 70.4 Å². The van der Waals surface area contributed by atoms with Crippen LogP contribution < -0.4 is 9.04 Å². The molecule has 0 aliphatic rings. The van der Waals surface area contributed by atoms with E-state index in [4.69, 9.17) is 5.26 Å². The van der Waals surface area contributed by atoms with Gasteiger partial charge >= 0.3 is 6.61 Å². The number of benzene rings is 2. The average molecular weight is 338 g/mol. The van der Waals surface area contributed by atoms with E-state index >= 15 is 0 Å². The van der Waals surface area contributed by atoms with Gasteiger partial charge < -0.3 is 4.74 Å². The first-order valence-electron chi connectivity index (χ1n) is 6.39. The second-order valence-corrected chi connectivity index (χ2v) is 6.40. The van der Waals surface area contributed by atoms with Gasteiger partial charge in [-0.2, -0.15) is 14.0 Å². The highest BCUT2D eigenvalue weighted by atomic mass is 32.2. The van der Waals surface area contributed by atoms with Crippen LogP contribution >= 0.6 is 0 Å². The van der Waals surface area contributed by atoms with Crippen LogP contribution in [0.25, 0.3) is 0 Å². The molecule has 0 spiro atoms. The number of anilines is 1. The minimum Gasteiger partial charge on any atom is -0.433 e. The lowest BCUT2D eigenvalue weighted by molar-refractivity contribution is -0.0517. The molecular formula is C15H12F2N2O3S. The highest BCUT2D eigenvalue weighted by Gasteiger charge is 2.26. The molecule has 0 heterocycles. The second-order valence-electron chi connectivity index (χ2n) is 4.46. The molecule has 0 N–H and O–H groups in total. The van der Waals surface area contributed by atoms with Gasteiger partial charge in [0, 0.05) is 7.05 Å². The maximum absolute atomic E-state index is 12.7. The maximum atomic E-state index is 12.7. The van der Waals surface area contributed by atoms with Gasteiger partial charge in [-0.1, -0.05) is 18.2 Å². The normalized spacial score (nSPS) is 11.1. The molecule has 0 saturated carbocycles. The molecule has 0 aliphatic carbocycles. The summed E-state index contributed by atoms with van der Waals surface area (Å²) in [5.74, 6) is -0.439. The zero-order valence-electron chi connectivity index (χ0n) is 12.0. The first-order chi connectivity index (χ1) is 10.9. The third-order valence-corrected chi connectivity index (χ3v) is 4.87. The quantitative estimate of drug-likeness (QED) is 0.840. The molecule has 2 aromatic carbocycles. The zero-order valence-corrected chi connectivity index (χ0v) is 12.8. The van der Waals surface area contributed by atoms with Crippen LogP contribution in [0.2, 0.25) is 0 Å². The monoisotopic (exact) mass is 338 g/mol. The van der Waals surface area contributed by atoms with Crippen LogP contribution in [0.5, 0.6) is 5.75 Å². The van der Waals surface area contributed by atoms with Gasteiger partial charge in [0.15, 0.2) is 0 Å². The fourth-order valence-corrected chi connectivity index (χ4v) is 3.22. The first kappa shape index (κ1) is 16.7. The predicted molar refractivity (Wildman–Crippen MR) is 79.8 cm³/mol. The number of nitrogens with zero attached hydrogens (tertiary/aromatic N) is 2. The third-order valence-electron chi connectivity index (χ3n) is 3.04. The molecule has 0 amide bonds. The number of alkyl halides is 2. The molecule has 8 heteroatoms. The highest BCUT2D eigenvalue weighted by Crippen LogP contribution is 2.30. The van der Waals surface area contributed by atoms with E-state index in [0.717, 1.165) is 10.4 Å². The van der Waals surface area contributed by atoms with Gasteiger partial charge in [0.25, 0.3) is 10.0 Å². The SMILES string of the molecule is CN(c1cccc(C#N)c1)S(=O)(=O)c1ccccc1OC(F)F. The van der Waals surface area contributed by atoms with Gasteiger partial charge in [0.05, 0.1) is 17.3 Å². The van der Waals surface area contributed by atoms with Gasteiger partial charge in [-0.3, -0.25) is 4.31 Å². The van der Waals surface area contributed by atoms with Crippen molar-refractivity contribution >= 4 is 15.7 Å². The zero-order chi connectivity index (χ0) is 17.0. The summed E-state index contributed by atoms with van der Waals surface area (Å²) in [5, 5.41) is 8.89. The number of hydrogen-bond donors (Lipinski definition) is 0. The molecule has 0 fully saturated rings. The Kier molecular flexibility index (Phi) is 4.81. The van der Waals surface area contributed by atoms with Crippen LogP contribution in [0.3, 0.4) is 0 Å². The van der Waals surface area contributed by atoms with E-state index in [0.29, 0.717) is 0 Å². The van der Waals surface area contributed by atoms with Crippen molar-refractivity contribution in [1.29, 1.82) is 5.26 Å². The van der Waals surface area contributed by atoms with Crippen LogP contribution in [-0.4, -0.2) is 22.1 Å². The van der Waals surface area contributed by atoms with Gasteiger partial charge in [-0.05, 0) is 30.3 Å². The number of hydrogen-bond acceptors (Lipinski definition) is 4. The summed E-state index contributed by atoms with van der Waals surface area (Å²) >= 11 is 0. The lowest BCUT2D eigenvalue weighted by Gasteiger charge is -2.21. The van der Waals surface area contributed by atoms with Crippen molar-refractivity contribution in [3.8, 4) is 11.8 Å². The Morgan fingerprint density at radius 3 is 2.52 bits per heavy atom. The van der Waals surface area contributed by atoms with Crippen molar-refractivity contribution in [3.05, 3.63) is 54.1 Å². The van der Waals surface area contributed by atoms with E-state index in [-0.39, 0.29) is 16.1 Å². The summed E-state index contributed by atoms with van der Waals surface area (Å²) in [6, 6.07) is 13.0. The Bertz CT molecular complexity index is 848. The van der Waals surface area contributed by atoms with E-state index < -0.39 is 22.4 Å². The summed E-state index contributed by atoms with van der Waals surface area (Å²) in [7, 11) is -2.86. The summed E-state index contributed by atoms with van der Waals surface area (Å²) in [6.07, 6.45) is 0. The smallest absolute Gasteiger partial charge is 0.387 e. The van der Waals surface area contributed by atoms with Gasteiger partial charge in [-0.15, -0.1) is 0 Å². The molecule has 0 saturated heterocycles. The Morgan fingerprint density at radius 1 is 1.17 bits per heavy atom. The molecule has 0 aromatic heterocycles. The molecule has 2 aromatic rings. The minimum absolute atomic E-state index is 0.232. The number of nitriles is 1. The van der Waals surface area contributed by atoms with Crippen molar-refractivity contribution in [2.75, 3.05) is 11.4 Å². The number of halogens is 2.